The average Bonchev–Trinajstić information content (AvgIpc) is 2.48. The number of nitrogens with zero attached hydrogens (tertiary/aromatic N) is 1. The molecule has 114 valence electrons. The molecular formula is C15H21N3O3. The molecule has 4 N–H and O–H groups in total. The molecule has 1 fully saturated rings. The first kappa shape index (κ1) is 15.3. The highest BCUT2D eigenvalue weighted by atomic mass is 16.3. The number of rotatable bonds is 3. The Morgan fingerprint density at radius 1 is 1.38 bits per heavy atom. The second-order valence-corrected chi connectivity index (χ2v) is 5.50. The van der Waals surface area contributed by atoms with Crippen LogP contribution in [-0.4, -0.2) is 41.1 Å². The summed E-state index contributed by atoms with van der Waals surface area (Å²) in [5, 5.41) is 12.4. The maximum atomic E-state index is 12.4. The van der Waals surface area contributed by atoms with Gasteiger partial charge >= 0.3 is 6.03 Å². The van der Waals surface area contributed by atoms with Crippen LogP contribution in [0.2, 0.25) is 0 Å². The number of carbonyl (C=O) groups excluding carboxylic acids is 2. The zero-order valence-electron chi connectivity index (χ0n) is 12.1. The Bertz CT molecular complexity index is 515. The van der Waals surface area contributed by atoms with Gasteiger partial charge in [0.2, 0.25) is 0 Å². The number of aliphatic hydroxyl groups excluding tert-OH is 1. The normalized spacial score (nSPS) is 21.9. The minimum Gasteiger partial charge on any atom is -0.391 e. The van der Waals surface area contributed by atoms with E-state index in [0.717, 1.165) is 12.0 Å². The summed E-state index contributed by atoms with van der Waals surface area (Å²) >= 11 is 0. The number of likely N-dealkylation sites (tertiary alicyclic amines) is 1. The first-order valence-corrected chi connectivity index (χ1v) is 7.07. The fourth-order valence-electron chi connectivity index (χ4n) is 2.37. The summed E-state index contributed by atoms with van der Waals surface area (Å²) in [5.74, 6) is 0.159. The molecular weight excluding hydrogens is 270 g/mol. The molecule has 0 spiro atoms. The zero-order valence-corrected chi connectivity index (χ0v) is 12.1. The lowest BCUT2D eigenvalue weighted by Gasteiger charge is -2.34. The quantitative estimate of drug-likeness (QED) is 0.765. The van der Waals surface area contributed by atoms with Crippen LogP contribution in [0.15, 0.2) is 24.3 Å². The van der Waals surface area contributed by atoms with Crippen LogP contribution in [0, 0.1) is 5.92 Å². The van der Waals surface area contributed by atoms with E-state index in [4.69, 9.17) is 5.73 Å². The molecule has 2 unspecified atom stereocenters. The summed E-state index contributed by atoms with van der Waals surface area (Å²) in [6.45, 7) is 3.38. The SMILES string of the molecule is CC1CCN(C(=O)c2ccc(CNC(N)=O)cc2)CC1O. The van der Waals surface area contributed by atoms with E-state index in [1.807, 2.05) is 6.92 Å². The summed E-state index contributed by atoms with van der Waals surface area (Å²) in [7, 11) is 0. The number of nitrogens with two attached hydrogens (primary N) is 1. The van der Waals surface area contributed by atoms with E-state index in [2.05, 4.69) is 5.32 Å². The molecule has 0 aromatic heterocycles. The molecule has 3 amide bonds. The Morgan fingerprint density at radius 3 is 2.62 bits per heavy atom. The predicted octanol–water partition coefficient (Wildman–Crippen LogP) is 0.698. The topological polar surface area (TPSA) is 95.7 Å². The second kappa shape index (κ2) is 6.58. The number of benzene rings is 1. The van der Waals surface area contributed by atoms with Crippen LogP contribution in [0.1, 0.15) is 29.3 Å². The van der Waals surface area contributed by atoms with Crippen LogP contribution in [0.25, 0.3) is 0 Å². The van der Waals surface area contributed by atoms with Crippen LogP contribution < -0.4 is 11.1 Å². The van der Waals surface area contributed by atoms with Crippen LogP contribution in [0.5, 0.6) is 0 Å². The van der Waals surface area contributed by atoms with Crippen molar-refractivity contribution in [1.29, 1.82) is 0 Å². The van der Waals surface area contributed by atoms with Crippen molar-refractivity contribution < 1.29 is 14.7 Å². The van der Waals surface area contributed by atoms with Gasteiger partial charge in [-0.05, 0) is 30.0 Å². The molecule has 1 aliphatic heterocycles. The van der Waals surface area contributed by atoms with E-state index in [0.29, 0.717) is 25.2 Å². The Labute approximate surface area is 123 Å². The van der Waals surface area contributed by atoms with Crippen LogP contribution >= 0.6 is 0 Å². The summed E-state index contributed by atoms with van der Waals surface area (Å²) in [6, 6.07) is 6.44. The van der Waals surface area contributed by atoms with Crippen molar-refractivity contribution in [3.05, 3.63) is 35.4 Å². The molecule has 1 aliphatic rings. The summed E-state index contributed by atoms with van der Waals surface area (Å²) in [6.07, 6.45) is 0.356. The van der Waals surface area contributed by atoms with Crippen molar-refractivity contribution in [3.8, 4) is 0 Å². The van der Waals surface area contributed by atoms with Gasteiger partial charge in [0.05, 0.1) is 6.10 Å². The van der Waals surface area contributed by atoms with Gasteiger partial charge in [-0.1, -0.05) is 19.1 Å². The number of hydrogen-bond donors (Lipinski definition) is 3. The fraction of sp³-hybridized carbons (Fsp3) is 0.467. The van der Waals surface area contributed by atoms with Gasteiger partial charge in [-0.15, -0.1) is 0 Å². The number of carbonyl (C=O) groups is 2. The first-order chi connectivity index (χ1) is 9.97. The van der Waals surface area contributed by atoms with Gasteiger partial charge in [-0.3, -0.25) is 4.79 Å². The lowest BCUT2D eigenvalue weighted by molar-refractivity contribution is 0.0248. The maximum Gasteiger partial charge on any atom is 0.312 e. The van der Waals surface area contributed by atoms with E-state index in [1.165, 1.54) is 0 Å². The van der Waals surface area contributed by atoms with Gasteiger partial charge in [-0.2, -0.15) is 0 Å². The third-order valence-electron chi connectivity index (χ3n) is 3.87. The van der Waals surface area contributed by atoms with Crippen molar-refractivity contribution in [2.75, 3.05) is 13.1 Å². The molecule has 0 bridgehead atoms. The van der Waals surface area contributed by atoms with E-state index in [9.17, 15) is 14.7 Å². The van der Waals surface area contributed by atoms with Gasteiger partial charge in [0.25, 0.3) is 5.91 Å². The summed E-state index contributed by atoms with van der Waals surface area (Å²) < 4.78 is 0. The van der Waals surface area contributed by atoms with Crippen LogP contribution in [0.4, 0.5) is 4.79 Å². The molecule has 0 saturated carbocycles. The third-order valence-corrected chi connectivity index (χ3v) is 3.87. The highest BCUT2D eigenvalue weighted by molar-refractivity contribution is 5.94. The highest BCUT2D eigenvalue weighted by Gasteiger charge is 2.27. The van der Waals surface area contributed by atoms with Crippen molar-refractivity contribution in [2.45, 2.75) is 26.0 Å². The van der Waals surface area contributed by atoms with Gasteiger partial charge in [-0.25, -0.2) is 4.79 Å². The molecule has 21 heavy (non-hydrogen) atoms. The predicted molar refractivity (Wildman–Crippen MR) is 78.6 cm³/mol. The lowest BCUT2D eigenvalue weighted by Crippen LogP contribution is -2.45. The first-order valence-electron chi connectivity index (χ1n) is 7.07. The number of urea groups is 1. The monoisotopic (exact) mass is 291 g/mol. The van der Waals surface area contributed by atoms with E-state index < -0.39 is 12.1 Å². The average molecular weight is 291 g/mol. The van der Waals surface area contributed by atoms with Gasteiger partial charge in [0.15, 0.2) is 0 Å². The number of hydrogen-bond acceptors (Lipinski definition) is 3. The van der Waals surface area contributed by atoms with Crippen LogP contribution in [0.3, 0.4) is 0 Å². The van der Waals surface area contributed by atoms with E-state index in [1.54, 1.807) is 29.2 Å². The van der Waals surface area contributed by atoms with Crippen molar-refractivity contribution >= 4 is 11.9 Å². The molecule has 2 rings (SSSR count). The second-order valence-electron chi connectivity index (χ2n) is 5.50. The largest absolute Gasteiger partial charge is 0.391 e. The Balaban J connectivity index is 1.98. The number of amides is 3. The number of primary amides is 1. The lowest BCUT2D eigenvalue weighted by atomic mass is 9.95. The van der Waals surface area contributed by atoms with Gasteiger partial charge in [0.1, 0.15) is 0 Å². The molecule has 2 atom stereocenters. The summed E-state index contributed by atoms with van der Waals surface area (Å²) in [5.41, 5.74) is 6.46. The highest BCUT2D eigenvalue weighted by Crippen LogP contribution is 2.19. The van der Waals surface area contributed by atoms with E-state index >= 15 is 0 Å². The zero-order chi connectivity index (χ0) is 15.4. The number of β-amino-alcohol motifs (C(OH)–C–C–N with tert-alkyl or cyclic N) is 1. The van der Waals surface area contributed by atoms with Crippen molar-refractivity contribution in [3.63, 3.8) is 0 Å². The third kappa shape index (κ3) is 3.95. The fourth-order valence-corrected chi connectivity index (χ4v) is 2.37. The minimum atomic E-state index is -0.577. The molecule has 6 heteroatoms. The van der Waals surface area contributed by atoms with Crippen LogP contribution in [-0.2, 0) is 6.54 Å². The molecule has 1 saturated heterocycles. The molecule has 0 radical (unpaired) electrons. The number of nitrogens with one attached hydrogen (secondary N) is 1. The van der Waals surface area contributed by atoms with Gasteiger partial charge < -0.3 is 21.1 Å². The molecule has 1 aromatic rings. The Morgan fingerprint density at radius 2 is 2.05 bits per heavy atom. The van der Waals surface area contributed by atoms with Crippen molar-refractivity contribution in [2.24, 2.45) is 11.7 Å². The van der Waals surface area contributed by atoms with Gasteiger partial charge in [0, 0.05) is 25.2 Å². The Hall–Kier alpha value is -2.08. The maximum absolute atomic E-state index is 12.4. The smallest absolute Gasteiger partial charge is 0.312 e. The molecule has 0 aliphatic carbocycles. The number of aliphatic hydroxyl groups is 1. The molecule has 1 aromatic carbocycles. The van der Waals surface area contributed by atoms with Crippen molar-refractivity contribution in [1.82, 2.24) is 10.2 Å². The van der Waals surface area contributed by atoms with E-state index in [-0.39, 0.29) is 11.8 Å². The summed E-state index contributed by atoms with van der Waals surface area (Å²) in [4.78, 5) is 24.7. The standard InChI is InChI=1S/C15H21N3O3/c1-10-6-7-18(9-13(10)19)14(20)12-4-2-11(3-5-12)8-17-15(16)21/h2-5,10,13,19H,6-9H2,1H3,(H3,16,17,21). The minimum absolute atomic E-state index is 0.0737. The Kier molecular flexibility index (Phi) is 4.80. The molecule has 1 heterocycles. The number of piperidine rings is 1. The molecule has 6 nitrogen and oxygen atoms in total.